The normalized spacial score (nSPS) is 11.1. The summed E-state index contributed by atoms with van der Waals surface area (Å²) in [6.07, 6.45) is 0.977. The van der Waals surface area contributed by atoms with E-state index in [1.165, 1.54) is 0 Å². The minimum atomic E-state index is -3.55. The summed E-state index contributed by atoms with van der Waals surface area (Å²) < 4.78 is 27.1. The summed E-state index contributed by atoms with van der Waals surface area (Å²) in [6, 6.07) is 14.1. The van der Waals surface area contributed by atoms with Crippen LogP contribution in [0.4, 0.5) is 5.69 Å². The van der Waals surface area contributed by atoms with Gasteiger partial charge in [-0.05, 0) is 41.8 Å². The molecular formula is C17H20N2O4S. The largest absolute Gasteiger partial charge is 0.497 e. The predicted octanol–water partition coefficient (Wildman–Crippen LogP) is 2.05. The summed E-state index contributed by atoms with van der Waals surface area (Å²) in [5.74, 6) is 0.450. The van der Waals surface area contributed by atoms with Crippen molar-refractivity contribution in [2.24, 2.45) is 5.14 Å². The van der Waals surface area contributed by atoms with Gasteiger partial charge in [-0.2, -0.15) is 0 Å². The first kappa shape index (κ1) is 18.0. The summed E-state index contributed by atoms with van der Waals surface area (Å²) in [4.78, 5) is 12.0. The molecule has 0 aliphatic carbocycles. The van der Waals surface area contributed by atoms with Crippen molar-refractivity contribution in [3.05, 3.63) is 59.7 Å². The minimum Gasteiger partial charge on any atom is -0.497 e. The van der Waals surface area contributed by atoms with Gasteiger partial charge in [0.15, 0.2) is 0 Å². The number of benzene rings is 2. The van der Waals surface area contributed by atoms with Crippen LogP contribution in [-0.4, -0.2) is 21.4 Å². The van der Waals surface area contributed by atoms with Gasteiger partial charge in [-0.15, -0.1) is 0 Å². The van der Waals surface area contributed by atoms with E-state index < -0.39 is 10.0 Å². The Morgan fingerprint density at radius 1 is 1.04 bits per heavy atom. The van der Waals surface area contributed by atoms with E-state index in [0.29, 0.717) is 24.1 Å². The second-order valence-electron chi connectivity index (χ2n) is 5.40. The number of nitrogens with one attached hydrogen (secondary N) is 1. The Bertz CT molecular complexity index is 784. The molecule has 3 N–H and O–H groups in total. The maximum Gasteiger partial charge on any atom is 0.224 e. The second kappa shape index (κ2) is 7.94. The van der Waals surface area contributed by atoms with Crippen LogP contribution in [0.15, 0.2) is 48.5 Å². The summed E-state index contributed by atoms with van der Waals surface area (Å²) in [5.41, 5.74) is 2.25. The minimum absolute atomic E-state index is 0.106. The number of hydrogen-bond donors (Lipinski definition) is 2. The van der Waals surface area contributed by atoms with Crippen molar-refractivity contribution in [1.29, 1.82) is 0 Å². The van der Waals surface area contributed by atoms with E-state index in [0.717, 1.165) is 11.3 Å². The van der Waals surface area contributed by atoms with Gasteiger partial charge in [0.25, 0.3) is 0 Å². The van der Waals surface area contributed by atoms with Crippen LogP contribution in [-0.2, 0) is 27.0 Å². The number of carbonyl (C=O) groups is 1. The maximum atomic E-state index is 12.0. The third-order valence-electron chi connectivity index (χ3n) is 3.41. The number of aryl methyl sites for hydroxylation is 1. The van der Waals surface area contributed by atoms with Gasteiger partial charge in [0.1, 0.15) is 5.75 Å². The van der Waals surface area contributed by atoms with Crippen LogP contribution in [0, 0.1) is 0 Å². The van der Waals surface area contributed by atoms with E-state index in [-0.39, 0.29) is 11.7 Å². The van der Waals surface area contributed by atoms with Gasteiger partial charge in [-0.3, -0.25) is 4.79 Å². The summed E-state index contributed by atoms with van der Waals surface area (Å²) in [6.45, 7) is 0. The highest BCUT2D eigenvalue weighted by Gasteiger charge is 2.06. The standard InChI is InChI=1S/C17H20N2O4S/c1-23-16-9-4-13(5-10-16)6-11-17(20)19-15-7-2-14(3-8-15)12-24(18,21)22/h2-5,7-10H,6,11-12H2,1H3,(H,19,20)(H2,18,21,22). The van der Waals surface area contributed by atoms with Gasteiger partial charge >= 0.3 is 0 Å². The number of amides is 1. The Balaban J connectivity index is 1.85. The fourth-order valence-corrected chi connectivity index (χ4v) is 2.85. The number of nitrogens with two attached hydrogens (primary N) is 1. The van der Waals surface area contributed by atoms with Crippen molar-refractivity contribution < 1.29 is 17.9 Å². The Kier molecular flexibility index (Phi) is 5.94. The zero-order valence-corrected chi connectivity index (χ0v) is 14.2. The van der Waals surface area contributed by atoms with Crippen LogP contribution in [0.5, 0.6) is 5.75 Å². The van der Waals surface area contributed by atoms with Crippen LogP contribution in [0.25, 0.3) is 0 Å². The molecule has 0 radical (unpaired) electrons. The Hall–Kier alpha value is -2.38. The lowest BCUT2D eigenvalue weighted by Crippen LogP contribution is -2.15. The first-order valence-electron chi connectivity index (χ1n) is 7.38. The Morgan fingerprint density at radius 2 is 1.62 bits per heavy atom. The van der Waals surface area contributed by atoms with E-state index in [1.807, 2.05) is 24.3 Å². The fourth-order valence-electron chi connectivity index (χ4n) is 2.19. The second-order valence-corrected chi connectivity index (χ2v) is 7.01. The highest BCUT2D eigenvalue weighted by Crippen LogP contribution is 2.14. The zero-order chi connectivity index (χ0) is 17.6. The number of anilines is 1. The Labute approximate surface area is 141 Å². The molecule has 0 saturated heterocycles. The van der Waals surface area contributed by atoms with E-state index in [1.54, 1.807) is 31.4 Å². The summed E-state index contributed by atoms with van der Waals surface area (Å²) >= 11 is 0. The third-order valence-corrected chi connectivity index (χ3v) is 4.14. The first-order chi connectivity index (χ1) is 11.4. The molecule has 2 aromatic carbocycles. The fraction of sp³-hybridized carbons (Fsp3) is 0.235. The molecule has 0 bridgehead atoms. The van der Waals surface area contributed by atoms with Crippen molar-refractivity contribution in [3.63, 3.8) is 0 Å². The van der Waals surface area contributed by atoms with Gasteiger partial charge in [-0.25, -0.2) is 13.6 Å². The molecule has 0 fully saturated rings. The molecular weight excluding hydrogens is 328 g/mol. The van der Waals surface area contributed by atoms with Crippen molar-refractivity contribution in [2.75, 3.05) is 12.4 Å². The average molecular weight is 348 g/mol. The van der Waals surface area contributed by atoms with E-state index in [2.05, 4.69) is 5.32 Å². The van der Waals surface area contributed by atoms with Crippen molar-refractivity contribution in [2.45, 2.75) is 18.6 Å². The molecule has 24 heavy (non-hydrogen) atoms. The molecule has 0 heterocycles. The number of carbonyl (C=O) groups excluding carboxylic acids is 1. The van der Waals surface area contributed by atoms with Crippen LogP contribution in [0.1, 0.15) is 17.5 Å². The quantitative estimate of drug-likeness (QED) is 0.800. The number of primary sulfonamides is 1. The molecule has 0 aromatic heterocycles. The SMILES string of the molecule is COc1ccc(CCC(=O)Nc2ccc(CS(N)(=O)=O)cc2)cc1. The number of hydrogen-bond acceptors (Lipinski definition) is 4. The van der Waals surface area contributed by atoms with Gasteiger partial charge in [0.2, 0.25) is 15.9 Å². The number of ether oxygens (including phenoxy) is 1. The average Bonchev–Trinajstić information content (AvgIpc) is 2.54. The first-order valence-corrected chi connectivity index (χ1v) is 9.09. The number of rotatable bonds is 7. The highest BCUT2D eigenvalue weighted by atomic mass is 32.2. The van der Waals surface area contributed by atoms with Crippen LogP contribution < -0.4 is 15.2 Å². The van der Waals surface area contributed by atoms with E-state index in [9.17, 15) is 13.2 Å². The molecule has 0 atom stereocenters. The van der Waals surface area contributed by atoms with Crippen LogP contribution >= 0.6 is 0 Å². The van der Waals surface area contributed by atoms with Crippen LogP contribution in [0.2, 0.25) is 0 Å². The summed E-state index contributed by atoms with van der Waals surface area (Å²) in [7, 11) is -1.95. The lowest BCUT2D eigenvalue weighted by molar-refractivity contribution is -0.116. The van der Waals surface area contributed by atoms with Gasteiger partial charge in [-0.1, -0.05) is 24.3 Å². The molecule has 2 rings (SSSR count). The zero-order valence-electron chi connectivity index (χ0n) is 13.4. The third kappa shape index (κ3) is 6.02. The number of sulfonamides is 1. The molecule has 0 aliphatic heterocycles. The van der Waals surface area contributed by atoms with Gasteiger partial charge in [0.05, 0.1) is 12.9 Å². The smallest absolute Gasteiger partial charge is 0.224 e. The molecule has 7 heteroatoms. The molecule has 128 valence electrons. The molecule has 1 amide bonds. The molecule has 0 saturated carbocycles. The predicted molar refractivity (Wildman–Crippen MR) is 93.2 cm³/mol. The molecule has 0 aliphatic rings. The highest BCUT2D eigenvalue weighted by molar-refractivity contribution is 7.88. The van der Waals surface area contributed by atoms with Crippen molar-refractivity contribution >= 4 is 21.6 Å². The van der Waals surface area contributed by atoms with E-state index in [4.69, 9.17) is 9.88 Å². The topological polar surface area (TPSA) is 98.5 Å². The lowest BCUT2D eigenvalue weighted by atomic mass is 10.1. The number of methoxy groups -OCH3 is 1. The molecule has 6 nitrogen and oxygen atoms in total. The van der Waals surface area contributed by atoms with E-state index >= 15 is 0 Å². The summed E-state index contributed by atoms with van der Waals surface area (Å²) in [5, 5.41) is 7.77. The monoisotopic (exact) mass is 348 g/mol. The lowest BCUT2D eigenvalue weighted by Gasteiger charge is -2.07. The van der Waals surface area contributed by atoms with Crippen LogP contribution in [0.3, 0.4) is 0 Å². The van der Waals surface area contributed by atoms with Gasteiger partial charge in [0, 0.05) is 12.1 Å². The molecule has 2 aromatic rings. The Morgan fingerprint density at radius 3 is 2.17 bits per heavy atom. The van der Waals surface area contributed by atoms with Crippen molar-refractivity contribution in [3.8, 4) is 5.75 Å². The maximum absolute atomic E-state index is 12.0. The molecule has 0 spiro atoms. The molecule has 0 unspecified atom stereocenters. The van der Waals surface area contributed by atoms with Gasteiger partial charge < -0.3 is 10.1 Å². The van der Waals surface area contributed by atoms with Crippen molar-refractivity contribution in [1.82, 2.24) is 0 Å².